The van der Waals surface area contributed by atoms with Crippen molar-refractivity contribution < 1.29 is 14.3 Å². The van der Waals surface area contributed by atoms with E-state index in [2.05, 4.69) is 10.3 Å². The Morgan fingerprint density at radius 1 is 1.39 bits per heavy atom. The molecule has 3 aliphatic rings. The van der Waals surface area contributed by atoms with Crippen molar-refractivity contribution in [3.8, 4) is 0 Å². The second-order valence-electron chi connectivity index (χ2n) is 6.52. The molecule has 1 aromatic heterocycles. The van der Waals surface area contributed by atoms with Gasteiger partial charge in [-0.15, -0.1) is 11.3 Å². The summed E-state index contributed by atoms with van der Waals surface area (Å²) in [5.41, 5.74) is 1.18. The Hall–Kier alpha value is -1.24. The van der Waals surface area contributed by atoms with E-state index in [9.17, 15) is 9.59 Å². The van der Waals surface area contributed by atoms with E-state index in [1.54, 1.807) is 14.0 Å². The van der Waals surface area contributed by atoms with Gasteiger partial charge in [-0.2, -0.15) is 0 Å². The van der Waals surface area contributed by atoms with Crippen LogP contribution in [0.5, 0.6) is 0 Å². The van der Waals surface area contributed by atoms with E-state index >= 15 is 0 Å². The molecule has 1 aromatic rings. The number of Topliss-reactive ketones (excluding diaryl/α,β-unsaturated/α-hetero) is 1. The highest BCUT2D eigenvalue weighted by molar-refractivity contribution is 7.12. The minimum absolute atomic E-state index is 0.108. The van der Waals surface area contributed by atoms with Crippen LogP contribution in [-0.4, -0.2) is 60.9 Å². The molecule has 0 spiro atoms. The van der Waals surface area contributed by atoms with E-state index in [1.165, 1.54) is 16.9 Å². The maximum absolute atomic E-state index is 12.6. The van der Waals surface area contributed by atoms with Gasteiger partial charge in [-0.3, -0.25) is 14.5 Å². The normalized spacial score (nSPS) is 25.0. The molecule has 23 heavy (non-hydrogen) atoms. The summed E-state index contributed by atoms with van der Waals surface area (Å²) in [6.07, 6.45) is 2.07. The third-order valence-corrected chi connectivity index (χ3v) is 5.89. The van der Waals surface area contributed by atoms with Crippen molar-refractivity contribution in [1.82, 2.24) is 9.80 Å². The van der Waals surface area contributed by atoms with E-state index in [-0.39, 0.29) is 17.6 Å². The Balaban J connectivity index is 1.68. The van der Waals surface area contributed by atoms with Crippen LogP contribution in [0.2, 0.25) is 0 Å². The van der Waals surface area contributed by atoms with Crippen molar-refractivity contribution in [3.63, 3.8) is 0 Å². The summed E-state index contributed by atoms with van der Waals surface area (Å²) < 4.78 is 5.15. The minimum Gasteiger partial charge on any atom is -0.383 e. The summed E-state index contributed by atoms with van der Waals surface area (Å²) in [5, 5.41) is 2.06. The van der Waals surface area contributed by atoms with Gasteiger partial charge in [0, 0.05) is 39.3 Å². The highest BCUT2D eigenvalue weighted by atomic mass is 32.1. The Kier molecular flexibility index (Phi) is 5.14. The minimum atomic E-state index is 0.108. The van der Waals surface area contributed by atoms with Gasteiger partial charge in [-0.25, -0.2) is 0 Å². The predicted molar refractivity (Wildman–Crippen MR) is 89.7 cm³/mol. The van der Waals surface area contributed by atoms with Gasteiger partial charge in [0.2, 0.25) is 5.91 Å². The van der Waals surface area contributed by atoms with Gasteiger partial charge in [0.05, 0.1) is 17.4 Å². The van der Waals surface area contributed by atoms with E-state index in [0.29, 0.717) is 19.2 Å². The first-order chi connectivity index (χ1) is 11.1. The second kappa shape index (κ2) is 7.11. The topological polar surface area (TPSA) is 49.9 Å². The Labute approximate surface area is 141 Å². The maximum Gasteiger partial charge on any atom is 0.227 e. The zero-order chi connectivity index (χ0) is 16.4. The summed E-state index contributed by atoms with van der Waals surface area (Å²) in [7, 11) is 1.68. The molecule has 2 bridgehead atoms. The molecule has 5 nitrogen and oxygen atoms in total. The summed E-state index contributed by atoms with van der Waals surface area (Å²) in [6, 6.07) is 2.28. The number of carbonyl (C=O) groups is 2. The lowest BCUT2D eigenvalue weighted by Crippen LogP contribution is -2.49. The van der Waals surface area contributed by atoms with Crippen LogP contribution < -0.4 is 0 Å². The number of fused-ring (bicyclic) bond motifs is 4. The molecule has 0 saturated carbocycles. The van der Waals surface area contributed by atoms with Crippen LogP contribution in [0.4, 0.5) is 0 Å². The fourth-order valence-electron chi connectivity index (χ4n) is 3.64. The number of rotatable bonds is 6. The molecule has 4 rings (SSSR count). The molecule has 0 aliphatic carbocycles. The lowest BCUT2D eigenvalue weighted by atomic mass is 9.94. The van der Waals surface area contributed by atoms with E-state index in [0.717, 1.165) is 37.4 Å². The fraction of sp³-hybridized carbons (Fsp3) is 0.647. The number of methoxy groups -OCH3 is 1. The summed E-state index contributed by atoms with van der Waals surface area (Å²) in [6.45, 7) is 5.45. The Morgan fingerprint density at radius 3 is 2.91 bits per heavy atom. The largest absolute Gasteiger partial charge is 0.383 e. The van der Waals surface area contributed by atoms with Gasteiger partial charge in [0.15, 0.2) is 5.78 Å². The molecular formula is C17H24N2O3S. The van der Waals surface area contributed by atoms with Crippen molar-refractivity contribution in [1.29, 1.82) is 0 Å². The maximum atomic E-state index is 12.6. The fourth-order valence-corrected chi connectivity index (χ4v) is 4.45. The van der Waals surface area contributed by atoms with Crippen LogP contribution in [0.1, 0.15) is 35.0 Å². The molecule has 3 saturated heterocycles. The molecule has 0 N–H and O–H groups in total. The average molecular weight is 336 g/mol. The molecule has 1 amide bonds. The molecule has 2 atom stereocenters. The third kappa shape index (κ3) is 3.65. The number of nitrogens with zero attached hydrogens (tertiary/aromatic N) is 2. The zero-order valence-electron chi connectivity index (χ0n) is 13.8. The SMILES string of the molecule is COCCN1C(=O)[C@H]2CC[C@@H]1CN(Cc1csc(C(C)=O)c1)C2. The predicted octanol–water partition coefficient (Wildman–Crippen LogP) is 2.02. The first-order valence-electron chi connectivity index (χ1n) is 8.18. The van der Waals surface area contributed by atoms with Crippen LogP contribution in [0.3, 0.4) is 0 Å². The standard InChI is InChI=1S/C17H24N2O3S/c1-12(20)16-7-13(11-23-16)8-18-9-14-3-4-15(10-18)19(17(14)21)5-6-22-2/h7,11,14-15H,3-6,8-10H2,1-2H3/t14-,15+/m0/s1. The van der Waals surface area contributed by atoms with Gasteiger partial charge in [0.1, 0.15) is 0 Å². The van der Waals surface area contributed by atoms with Crippen molar-refractivity contribution in [2.24, 2.45) is 5.92 Å². The van der Waals surface area contributed by atoms with Crippen LogP contribution >= 0.6 is 11.3 Å². The van der Waals surface area contributed by atoms with Gasteiger partial charge in [-0.05, 0) is 36.8 Å². The van der Waals surface area contributed by atoms with Gasteiger partial charge in [0.25, 0.3) is 0 Å². The van der Waals surface area contributed by atoms with Crippen LogP contribution in [-0.2, 0) is 16.1 Å². The molecule has 0 radical (unpaired) electrons. The quantitative estimate of drug-likeness (QED) is 0.746. The number of ketones is 1. The average Bonchev–Trinajstić information content (AvgIpc) is 2.83. The van der Waals surface area contributed by atoms with Crippen molar-refractivity contribution in [2.45, 2.75) is 32.4 Å². The monoisotopic (exact) mass is 336 g/mol. The van der Waals surface area contributed by atoms with E-state index in [4.69, 9.17) is 4.74 Å². The zero-order valence-corrected chi connectivity index (χ0v) is 14.6. The smallest absolute Gasteiger partial charge is 0.227 e. The summed E-state index contributed by atoms with van der Waals surface area (Å²) in [5.74, 6) is 0.519. The molecule has 0 unspecified atom stereocenters. The number of piperidine rings is 1. The summed E-state index contributed by atoms with van der Waals surface area (Å²) in [4.78, 5) is 29.3. The number of hydrogen-bond donors (Lipinski definition) is 0. The molecule has 0 aromatic carbocycles. The molecule has 6 heteroatoms. The first-order valence-corrected chi connectivity index (χ1v) is 9.06. The van der Waals surface area contributed by atoms with Gasteiger partial charge in [-0.1, -0.05) is 0 Å². The Bertz CT molecular complexity index is 586. The van der Waals surface area contributed by atoms with Crippen molar-refractivity contribution >= 4 is 23.0 Å². The van der Waals surface area contributed by atoms with E-state index in [1.807, 2.05) is 11.0 Å². The Morgan fingerprint density at radius 2 is 2.22 bits per heavy atom. The molecule has 3 fully saturated rings. The highest BCUT2D eigenvalue weighted by Gasteiger charge is 2.40. The second-order valence-corrected chi connectivity index (χ2v) is 7.43. The van der Waals surface area contributed by atoms with E-state index < -0.39 is 0 Å². The highest BCUT2D eigenvalue weighted by Crippen LogP contribution is 2.30. The number of ether oxygens (including phenoxy) is 1. The molecule has 4 heterocycles. The first kappa shape index (κ1) is 16.6. The molecule has 3 aliphatic heterocycles. The number of amides is 1. The number of carbonyl (C=O) groups excluding carboxylic acids is 2. The van der Waals surface area contributed by atoms with Gasteiger partial charge >= 0.3 is 0 Å². The number of thiophene rings is 1. The van der Waals surface area contributed by atoms with Crippen LogP contribution in [0.25, 0.3) is 0 Å². The summed E-state index contributed by atoms with van der Waals surface area (Å²) >= 11 is 1.51. The molecule has 126 valence electrons. The lowest BCUT2D eigenvalue weighted by Gasteiger charge is -2.35. The molecular weight excluding hydrogens is 312 g/mol. The van der Waals surface area contributed by atoms with Crippen LogP contribution in [0, 0.1) is 5.92 Å². The van der Waals surface area contributed by atoms with Crippen LogP contribution in [0.15, 0.2) is 11.4 Å². The van der Waals surface area contributed by atoms with Gasteiger partial charge < -0.3 is 9.64 Å². The third-order valence-electron chi connectivity index (χ3n) is 4.81. The van der Waals surface area contributed by atoms with Crippen molar-refractivity contribution in [3.05, 3.63) is 21.9 Å². The number of hydrogen-bond acceptors (Lipinski definition) is 5. The van der Waals surface area contributed by atoms with Crippen molar-refractivity contribution in [2.75, 3.05) is 33.4 Å². The lowest BCUT2D eigenvalue weighted by molar-refractivity contribution is -0.140.